The van der Waals surface area contributed by atoms with Crippen LogP contribution in [0.1, 0.15) is 31.9 Å². The number of carbonyl (C=O) groups excluding carboxylic acids is 2. The first-order valence-corrected chi connectivity index (χ1v) is 7.57. The van der Waals surface area contributed by atoms with E-state index in [0.29, 0.717) is 39.0 Å². The predicted octanol–water partition coefficient (Wildman–Crippen LogP) is 1.83. The molecule has 1 aromatic rings. The Bertz CT molecular complexity index is 576. The smallest absolute Gasteiger partial charge is 0.322 e. The fourth-order valence-corrected chi connectivity index (χ4v) is 2.59. The molecule has 1 aromatic heterocycles. The van der Waals surface area contributed by atoms with Crippen molar-refractivity contribution >= 4 is 17.6 Å². The van der Waals surface area contributed by atoms with E-state index in [9.17, 15) is 18.4 Å². The lowest BCUT2D eigenvalue weighted by atomic mass is 10.3. The SMILES string of the molecule is CCC(=O)N1CCCN(C(=O)Nc2cnn(C)c2C(F)F)CC1. The van der Waals surface area contributed by atoms with Crippen LogP contribution >= 0.6 is 0 Å². The van der Waals surface area contributed by atoms with Crippen LogP contribution in [0, 0.1) is 0 Å². The first-order chi connectivity index (χ1) is 10.9. The average Bonchev–Trinajstić information content (AvgIpc) is 2.74. The summed E-state index contributed by atoms with van der Waals surface area (Å²) < 4.78 is 27.0. The Hall–Kier alpha value is -2.19. The summed E-state index contributed by atoms with van der Waals surface area (Å²) in [5, 5.41) is 6.24. The van der Waals surface area contributed by atoms with E-state index in [2.05, 4.69) is 10.4 Å². The van der Waals surface area contributed by atoms with Crippen LogP contribution in [0.4, 0.5) is 19.3 Å². The summed E-state index contributed by atoms with van der Waals surface area (Å²) in [4.78, 5) is 27.3. The molecule has 1 aliphatic rings. The van der Waals surface area contributed by atoms with Crippen LogP contribution in [-0.4, -0.2) is 57.7 Å². The normalized spacial score (nSPS) is 15.7. The van der Waals surface area contributed by atoms with Crippen molar-refractivity contribution < 1.29 is 18.4 Å². The van der Waals surface area contributed by atoms with Gasteiger partial charge in [-0.1, -0.05) is 6.92 Å². The van der Waals surface area contributed by atoms with Crippen LogP contribution < -0.4 is 5.32 Å². The molecule has 0 unspecified atom stereocenters. The summed E-state index contributed by atoms with van der Waals surface area (Å²) in [6.45, 7) is 3.71. The number of carbonyl (C=O) groups is 2. The molecular formula is C14H21F2N5O2. The summed E-state index contributed by atoms with van der Waals surface area (Å²) in [7, 11) is 1.40. The second-order valence-corrected chi connectivity index (χ2v) is 5.37. The van der Waals surface area contributed by atoms with Gasteiger partial charge in [-0.3, -0.25) is 9.48 Å². The average molecular weight is 329 g/mol. The monoisotopic (exact) mass is 329 g/mol. The lowest BCUT2D eigenvalue weighted by Gasteiger charge is -2.22. The van der Waals surface area contributed by atoms with Gasteiger partial charge in [0, 0.05) is 39.6 Å². The van der Waals surface area contributed by atoms with E-state index in [4.69, 9.17) is 0 Å². The quantitative estimate of drug-likeness (QED) is 0.920. The number of amides is 3. The number of nitrogens with zero attached hydrogens (tertiary/aromatic N) is 4. The Morgan fingerprint density at radius 1 is 1.26 bits per heavy atom. The van der Waals surface area contributed by atoms with E-state index in [1.54, 1.807) is 11.8 Å². The highest BCUT2D eigenvalue weighted by Crippen LogP contribution is 2.26. The van der Waals surface area contributed by atoms with Gasteiger partial charge in [-0.05, 0) is 6.42 Å². The van der Waals surface area contributed by atoms with E-state index in [1.807, 2.05) is 0 Å². The van der Waals surface area contributed by atoms with Gasteiger partial charge in [0.2, 0.25) is 5.91 Å². The first kappa shape index (κ1) is 17.2. The summed E-state index contributed by atoms with van der Waals surface area (Å²) in [6.07, 6.45) is -0.419. The molecule has 7 nitrogen and oxygen atoms in total. The van der Waals surface area contributed by atoms with E-state index >= 15 is 0 Å². The van der Waals surface area contributed by atoms with Crippen molar-refractivity contribution in [1.29, 1.82) is 0 Å². The maximum atomic E-state index is 13.0. The Kier molecular flexibility index (Phi) is 5.51. The summed E-state index contributed by atoms with van der Waals surface area (Å²) in [5.41, 5.74) is -0.311. The van der Waals surface area contributed by atoms with Crippen LogP contribution in [0.3, 0.4) is 0 Å². The number of hydrogen-bond acceptors (Lipinski definition) is 3. The molecule has 0 aliphatic carbocycles. The van der Waals surface area contributed by atoms with Crippen LogP contribution in [-0.2, 0) is 11.8 Å². The van der Waals surface area contributed by atoms with Gasteiger partial charge in [0.15, 0.2) is 0 Å². The number of alkyl halides is 2. The van der Waals surface area contributed by atoms with Crippen LogP contribution in [0.25, 0.3) is 0 Å². The molecule has 0 spiro atoms. The van der Waals surface area contributed by atoms with E-state index < -0.39 is 12.5 Å². The third kappa shape index (κ3) is 3.96. The van der Waals surface area contributed by atoms with Crippen LogP contribution in [0.5, 0.6) is 0 Å². The van der Waals surface area contributed by atoms with Gasteiger partial charge in [-0.25, -0.2) is 13.6 Å². The number of halogens is 2. The van der Waals surface area contributed by atoms with E-state index in [0.717, 1.165) is 4.68 Å². The Morgan fingerprint density at radius 3 is 2.57 bits per heavy atom. The van der Waals surface area contributed by atoms with Crippen molar-refractivity contribution in [3.63, 3.8) is 0 Å². The molecule has 1 N–H and O–H groups in total. The third-order valence-corrected chi connectivity index (χ3v) is 3.87. The maximum Gasteiger partial charge on any atom is 0.322 e. The molecule has 0 radical (unpaired) electrons. The Morgan fingerprint density at radius 2 is 1.91 bits per heavy atom. The van der Waals surface area contributed by atoms with Crippen molar-refractivity contribution in [3.05, 3.63) is 11.9 Å². The number of aromatic nitrogens is 2. The van der Waals surface area contributed by atoms with Gasteiger partial charge >= 0.3 is 6.03 Å². The Balaban J connectivity index is 2.00. The van der Waals surface area contributed by atoms with Gasteiger partial charge in [0.1, 0.15) is 5.69 Å². The zero-order valence-corrected chi connectivity index (χ0v) is 13.3. The molecule has 1 fully saturated rings. The molecule has 2 heterocycles. The van der Waals surface area contributed by atoms with Crippen molar-refractivity contribution in [3.8, 4) is 0 Å². The van der Waals surface area contributed by atoms with Gasteiger partial charge in [-0.15, -0.1) is 0 Å². The second kappa shape index (κ2) is 7.38. The minimum atomic E-state index is -2.72. The number of nitrogens with one attached hydrogen (secondary N) is 1. The summed E-state index contributed by atoms with van der Waals surface area (Å²) in [5.74, 6) is 0.0551. The van der Waals surface area contributed by atoms with Gasteiger partial charge in [-0.2, -0.15) is 5.10 Å². The highest BCUT2D eigenvalue weighted by atomic mass is 19.3. The van der Waals surface area contributed by atoms with Crippen LogP contribution in [0.15, 0.2) is 6.20 Å². The molecule has 23 heavy (non-hydrogen) atoms. The van der Waals surface area contributed by atoms with Gasteiger partial charge in [0.05, 0.1) is 11.9 Å². The minimum absolute atomic E-state index is 0.0123. The number of anilines is 1. The molecule has 9 heteroatoms. The molecule has 0 atom stereocenters. The van der Waals surface area contributed by atoms with E-state index in [1.165, 1.54) is 18.1 Å². The number of aryl methyl sites for hydroxylation is 1. The second-order valence-electron chi connectivity index (χ2n) is 5.37. The maximum absolute atomic E-state index is 13.0. The van der Waals surface area contributed by atoms with E-state index in [-0.39, 0.29) is 17.3 Å². The molecule has 0 bridgehead atoms. The molecule has 2 rings (SSSR count). The van der Waals surface area contributed by atoms with Crippen molar-refractivity contribution in [2.45, 2.75) is 26.2 Å². The highest BCUT2D eigenvalue weighted by molar-refractivity contribution is 5.90. The van der Waals surface area contributed by atoms with Crippen molar-refractivity contribution in [2.24, 2.45) is 7.05 Å². The van der Waals surface area contributed by atoms with Gasteiger partial charge < -0.3 is 15.1 Å². The predicted molar refractivity (Wildman–Crippen MR) is 80.2 cm³/mol. The molecule has 0 aromatic carbocycles. The van der Waals surface area contributed by atoms with Crippen LogP contribution in [0.2, 0.25) is 0 Å². The molecule has 128 valence electrons. The third-order valence-electron chi connectivity index (χ3n) is 3.87. The summed E-state index contributed by atoms with van der Waals surface area (Å²) >= 11 is 0. The highest BCUT2D eigenvalue weighted by Gasteiger charge is 2.24. The molecule has 1 saturated heterocycles. The molecule has 1 aliphatic heterocycles. The minimum Gasteiger partial charge on any atom is -0.341 e. The molecule has 0 saturated carbocycles. The lowest BCUT2D eigenvalue weighted by molar-refractivity contribution is -0.130. The van der Waals surface area contributed by atoms with Crippen molar-refractivity contribution in [2.75, 3.05) is 31.5 Å². The fraction of sp³-hybridized carbons (Fsp3) is 0.643. The standard InChI is InChI=1S/C14H21F2N5O2/c1-3-11(22)20-5-4-6-21(8-7-20)14(23)18-10-9-17-19(2)12(10)13(15)16/h9,13H,3-8H2,1-2H3,(H,18,23). The first-order valence-electron chi connectivity index (χ1n) is 7.57. The summed E-state index contributed by atoms with van der Waals surface area (Å²) in [6, 6.07) is -0.453. The topological polar surface area (TPSA) is 70.5 Å². The lowest BCUT2D eigenvalue weighted by Crippen LogP contribution is -2.39. The largest absolute Gasteiger partial charge is 0.341 e. The zero-order valence-electron chi connectivity index (χ0n) is 13.3. The molecular weight excluding hydrogens is 308 g/mol. The molecule has 3 amide bonds. The van der Waals surface area contributed by atoms with Gasteiger partial charge in [0.25, 0.3) is 6.43 Å². The van der Waals surface area contributed by atoms with Crippen molar-refractivity contribution in [1.82, 2.24) is 19.6 Å². The fourth-order valence-electron chi connectivity index (χ4n) is 2.59. The Labute approximate surface area is 133 Å². The number of rotatable bonds is 3. The number of hydrogen-bond donors (Lipinski definition) is 1. The number of urea groups is 1. The zero-order chi connectivity index (χ0) is 17.0.